The number of hydrogen-bond donors (Lipinski definition) is 0. The molecule has 0 aliphatic carbocycles. The third-order valence-corrected chi connectivity index (χ3v) is 5.74. The summed E-state index contributed by atoms with van der Waals surface area (Å²) in [4.78, 5) is 0. The first kappa shape index (κ1) is 17.8. The summed E-state index contributed by atoms with van der Waals surface area (Å²) in [5.74, 6) is 0. The van der Waals surface area contributed by atoms with Crippen molar-refractivity contribution in [2.24, 2.45) is 0 Å². The lowest BCUT2D eigenvalue weighted by Crippen LogP contribution is -2.12. The van der Waals surface area contributed by atoms with Crippen LogP contribution in [0.5, 0.6) is 0 Å². The molecular weight excluding hydrogens is 350 g/mol. The van der Waals surface area contributed by atoms with Crippen LogP contribution in [-0.2, 0) is 5.41 Å². The van der Waals surface area contributed by atoms with E-state index >= 15 is 0 Å². The Balaban J connectivity index is 1.93. The first-order valence-electron chi connectivity index (χ1n) is 10.2. The van der Waals surface area contributed by atoms with E-state index in [0.717, 1.165) is 0 Å². The number of hydrogen-bond acceptors (Lipinski definition) is 0. The maximum Gasteiger partial charge on any atom is 0.0547 e. The molecule has 0 fully saturated rings. The first-order chi connectivity index (χ1) is 14.1. The van der Waals surface area contributed by atoms with E-state index in [1.165, 1.54) is 44.2 Å². The molecule has 4 aromatic carbocycles. The molecule has 0 bridgehead atoms. The van der Waals surface area contributed by atoms with Crippen LogP contribution in [0.3, 0.4) is 0 Å². The molecule has 5 aromatic rings. The third-order valence-electron chi connectivity index (χ3n) is 5.74. The predicted octanol–water partition coefficient (Wildman–Crippen LogP) is 7.75. The first-order valence-corrected chi connectivity index (χ1v) is 10.2. The van der Waals surface area contributed by atoms with Crippen molar-refractivity contribution in [2.45, 2.75) is 26.2 Å². The van der Waals surface area contributed by atoms with Gasteiger partial charge in [-0.25, -0.2) is 0 Å². The zero-order chi connectivity index (χ0) is 20.0. The van der Waals surface area contributed by atoms with Crippen molar-refractivity contribution < 1.29 is 0 Å². The second-order valence-corrected chi connectivity index (χ2v) is 8.68. The van der Waals surface area contributed by atoms with E-state index < -0.39 is 0 Å². The fourth-order valence-electron chi connectivity index (χ4n) is 4.47. The Morgan fingerprint density at radius 3 is 1.97 bits per heavy atom. The van der Waals surface area contributed by atoms with Gasteiger partial charge in [0.05, 0.1) is 11.0 Å². The van der Waals surface area contributed by atoms with E-state index in [9.17, 15) is 0 Å². The van der Waals surface area contributed by atoms with Crippen LogP contribution in [0.15, 0.2) is 97.1 Å². The summed E-state index contributed by atoms with van der Waals surface area (Å²) in [5, 5.41) is 2.62. The molecule has 0 unspecified atom stereocenters. The Hall–Kier alpha value is -3.32. The summed E-state index contributed by atoms with van der Waals surface area (Å²) >= 11 is 0. The second-order valence-electron chi connectivity index (χ2n) is 8.68. The Labute approximate surface area is 172 Å². The maximum atomic E-state index is 2.38. The Morgan fingerprint density at radius 1 is 0.552 bits per heavy atom. The lowest BCUT2D eigenvalue weighted by Gasteiger charge is -2.23. The molecule has 0 amide bonds. The van der Waals surface area contributed by atoms with E-state index in [-0.39, 0.29) is 5.41 Å². The number of benzene rings is 4. The minimum Gasteiger partial charge on any atom is -0.309 e. The van der Waals surface area contributed by atoms with Crippen LogP contribution < -0.4 is 0 Å². The highest BCUT2D eigenvalue weighted by Crippen LogP contribution is 2.41. The second kappa shape index (κ2) is 6.63. The van der Waals surface area contributed by atoms with Crippen LogP contribution in [0.25, 0.3) is 38.6 Å². The Morgan fingerprint density at radius 2 is 1.17 bits per heavy atom. The SMILES string of the molecule is CC(C)(C)c1ccccc1-c1cccc2c1c1ccccc1n2-c1ccccc1. The van der Waals surface area contributed by atoms with E-state index in [2.05, 4.69) is 122 Å². The standard InChI is InChI=1S/C28H25N/c1-28(2,3)24-17-9-7-14-21(24)22-16-11-19-26-27(22)23-15-8-10-18-25(23)29(26)20-12-5-4-6-13-20/h4-19H,1-3H3. The molecule has 0 N–H and O–H groups in total. The lowest BCUT2D eigenvalue weighted by atomic mass is 9.81. The number of nitrogens with zero attached hydrogens (tertiary/aromatic N) is 1. The van der Waals surface area contributed by atoms with E-state index in [1.807, 2.05) is 0 Å². The van der Waals surface area contributed by atoms with Crippen LogP contribution in [0.1, 0.15) is 26.3 Å². The molecule has 0 aliphatic rings. The molecule has 0 radical (unpaired) electrons. The van der Waals surface area contributed by atoms with Gasteiger partial charge in [-0.3, -0.25) is 0 Å². The van der Waals surface area contributed by atoms with Crippen molar-refractivity contribution in [3.8, 4) is 16.8 Å². The van der Waals surface area contributed by atoms with Crippen molar-refractivity contribution in [3.63, 3.8) is 0 Å². The van der Waals surface area contributed by atoms with Gasteiger partial charge in [-0.05, 0) is 46.4 Å². The van der Waals surface area contributed by atoms with Crippen molar-refractivity contribution in [3.05, 3.63) is 103 Å². The van der Waals surface area contributed by atoms with Gasteiger partial charge in [0.15, 0.2) is 0 Å². The van der Waals surface area contributed by atoms with Gasteiger partial charge in [-0.15, -0.1) is 0 Å². The molecule has 1 heteroatoms. The average molecular weight is 376 g/mol. The molecule has 5 rings (SSSR count). The molecule has 1 aromatic heterocycles. The zero-order valence-electron chi connectivity index (χ0n) is 17.2. The molecule has 0 atom stereocenters. The fraction of sp³-hybridized carbons (Fsp3) is 0.143. The van der Waals surface area contributed by atoms with Crippen molar-refractivity contribution >= 4 is 21.8 Å². The van der Waals surface area contributed by atoms with E-state index in [4.69, 9.17) is 0 Å². The molecule has 1 nitrogen and oxygen atoms in total. The van der Waals surface area contributed by atoms with Crippen molar-refractivity contribution in [1.82, 2.24) is 4.57 Å². The zero-order valence-corrected chi connectivity index (χ0v) is 17.2. The number of para-hydroxylation sites is 2. The normalized spacial score (nSPS) is 12.0. The van der Waals surface area contributed by atoms with Gasteiger partial charge in [0.2, 0.25) is 0 Å². The van der Waals surface area contributed by atoms with Crippen molar-refractivity contribution in [1.29, 1.82) is 0 Å². The van der Waals surface area contributed by atoms with Gasteiger partial charge in [0.25, 0.3) is 0 Å². The molecule has 1 heterocycles. The molecule has 0 saturated heterocycles. The summed E-state index contributed by atoms with van der Waals surface area (Å²) in [7, 11) is 0. The minimum absolute atomic E-state index is 0.0799. The van der Waals surface area contributed by atoms with Crippen molar-refractivity contribution in [2.75, 3.05) is 0 Å². The van der Waals surface area contributed by atoms with E-state index in [0.29, 0.717) is 0 Å². The van der Waals surface area contributed by atoms with Crippen LogP contribution in [-0.4, -0.2) is 4.57 Å². The molecule has 0 aliphatic heterocycles. The highest BCUT2D eigenvalue weighted by atomic mass is 15.0. The smallest absolute Gasteiger partial charge is 0.0547 e. The van der Waals surface area contributed by atoms with Gasteiger partial charge in [-0.1, -0.05) is 93.6 Å². The Bertz CT molecular complexity index is 1320. The quantitative estimate of drug-likeness (QED) is 0.297. The van der Waals surface area contributed by atoms with Gasteiger partial charge < -0.3 is 4.57 Å². The van der Waals surface area contributed by atoms with E-state index in [1.54, 1.807) is 0 Å². The largest absolute Gasteiger partial charge is 0.309 e. The number of rotatable bonds is 2. The predicted molar refractivity (Wildman–Crippen MR) is 125 cm³/mol. The Kier molecular flexibility index (Phi) is 4.06. The number of fused-ring (bicyclic) bond motifs is 3. The summed E-state index contributed by atoms with van der Waals surface area (Å²) in [6.45, 7) is 6.87. The lowest BCUT2D eigenvalue weighted by molar-refractivity contribution is 0.592. The fourth-order valence-corrected chi connectivity index (χ4v) is 4.47. The highest BCUT2D eigenvalue weighted by Gasteiger charge is 2.21. The highest BCUT2D eigenvalue weighted by molar-refractivity contribution is 6.16. The molecule has 0 saturated carbocycles. The topological polar surface area (TPSA) is 4.93 Å². The summed E-state index contributed by atoms with van der Waals surface area (Å²) in [6, 6.07) is 34.9. The summed E-state index contributed by atoms with van der Waals surface area (Å²) in [6.07, 6.45) is 0. The molecule has 29 heavy (non-hydrogen) atoms. The monoisotopic (exact) mass is 375 g/mol. The molecular formula is C28H25N. The maximum absolute atomic E-state index is 2.38. The van der Waals surface area contributed by atoms with Crippen LogP contribution in [0.4, 0.5) is 0 Å². The average Bonchev–Trinajstić information content (AvgIpc) is 3.08. The van der Waals surface area contributed by atoms with Crippen LogP contribution in [0, 0.1) is 0 Å². The third kappa shape index (κ3) is 2.86. The molecule has 0 spiro atoms. The van der Waals surface area contributed by atoms with Gasteiger partial charge in [-0.2, -0.15) is 0 Å². The van der Waals surface area contributed by atoms with Crippen LogP contribution >= 0.6 is 0 Å². The van der Waals surface area contributed by atoms with Gasteiger partial charge in [0, 0.05) is 16.5 Å². The minimum atomic E-state index is 0.0799. The molecule has 142 valence electrons. The van der Waals surface area contributed by atoms with Gasteiger partial charge in [0.1, 0.15) is 0 Å². The number of aromatic nitrogens is 1. The van der Waals surface area contributed by atoms with Gasteiger partial charge >= 0.3 is 0 Å². The van der Waals surface area contributed by atoms with Crippen LogP contribution in [0.2, 0.25) is 0 Å². The summed E-state index contributed by atoms with van der Waals surface area (Å²) in [5.41, 5.74) is 7.77. The summed E-state index contributed by atoms with van der Waals surface area (Å²) < 4.78 is 2.38.